The lowest BCUT2D eigenvalue weighted by molar-refractivity contribution is -0.143. The monoisotopic (exact) mass is 406 g/mol. The Morgan fingerprint density at radius 2 is 2.00 bits per heavy atom. The van der Waals surface area contributed by atoms with Gasteiger partial charge in [0.05, 0.1) is 23.5 Å². The lowest BCUT2D eigenvalue weighted by atomic mass is 9.86. The largest absolute Gasteiger partial charge is 0.481 e. The summed E-state index contributed by atoms with van der Waals surface area (Å²) in [6.07, 6.45) is 7.64. The molecule has 1 saturated carbocycles. The van der Waals surface area contributed by atoms with Crippen molar-refractivity contribution in [2.24, 2.45) is 5.92 Å². The van der Waals surface area contributed by atoms with Gasteiger partial charge in [-0.05, 0) is 62.4 Å². The summed E-state index contributed by atoms with van der Waals surface area (Å²) in [6, 6.07) is 6.64. The molecule has 0 spiro atoms. The molecule has 8 heteroatoms. The average molecular weight is 406 g/mol. The van der Waals surface area contributed by atoms with Crippen molar-refractivity contribution >= 4 is 28.6 Å². The highest BCUT2D eigenvalue weighted by atomic mass is 16.4. The van der Waals surface area contributed by atoms with Gasteiger partial charge in [0.2, 0.25) is 5.95 Å². The molecule has 0 bridgehead atoms. The van der Waals surface area contributed by atoms with Gasteiger partial charge < -0.3 is 15.3 Å². The first kappa shape index (κ1) is 19.0. The maximum atomic E-state index is 11.2. The molecule has 1 aliphatic heterocycles. The Bertz CT molecular complexity index is 1090. The van der Waals surface area contributed by atoms with E-state index in [2.05, 4.69) is 45.5 Å². The van der Waals surface area contributed by atoms with Gasteiger partial charge in [-0.1, -0.05) is 6.07 Å². The second-order valence-electron chi connectivity index (χ2n) is 8.50. The Hall–Kier alpha value is -3.00. The summed E-state index contributed by atoms with van der Waals surface area (Å²) < 4.78 is 1.95. The van der Waals surface area contributed by atoms with Crippen molar-refractivity contribution < 1.29 is 9.90 Å². The molecule has 0 atom stereocenters. The maximum absolute atomic E-state index is 11.2. The molecule has 156 valence electrons. The molecule has 8 nitrogen and oxygen atoms in total. The Labute approximate surface area is 174 Å². The number of nitrogens with zero attached hydrogens (tertiary/aromatic N) is 5. The van der Waals surface area contributed by atoms with Crippen LogP contribution >= 0.6 is 0 Å². The quantitative estimate of drug-likeness (QED) is 0.686. The normalized spacial score (nSPS) is 22.0. The van der Waals surface area contributed by atoms with Crippen molar-refractivity contribution in [1.82, 2.24) is 24.6 Å². The summed E-state index contributed by atoms with van der Waals surface area (Å²) in [7, 11) is 2.14. The molecule has 2 N–H and O–H groups in total. The van der Waals surface area contributed by atoms with Gasteiger partial charge in [0.15, 0.2) is 5.65 Å². The van der Waals surface area contributed by atoms with E-state index in [1.807, 2.05) is 4.68 Å². The number of likely N-dealkylation sites (N-methyl/N-ethyl adjacent to an activating group) is 1. The van der Waals surface area contributed by atoms with Gasteiger partial charge in [0.1, 0.15) is 0 Å². The van der Waals surface area contributed by atoms with E-state index in [0.29, 0.717) is 18.8 Å². The summed E-state index contributed by atoms with van der Waals surface area (Å²) in [4.78, 5) is 22.8. The van der Waals surface area contributed by atoms with Crippen molar-refractivity contribution in [2.45, 2.75) is 44.7 Å². The van der Waals surface area contributed by atoms with E-state index >= 15 is 0 Å². The molecule has 5 rings (SSSR count). The third-order valence-electron chi connectivity index (χ3n) is 6.39. The molecule has 0 unspecified atom stereocenters. The number of benzene rings is 1. The molecular formula is C22H26N6O2. The second-order valence-corrected chi connectivity index (χ2v) is 8.50. The SMILES string of the molecule is CN1CCc2ccc(Nc3ncc4cnn([C@H]5CC[C@H](C(=O)O)CC5)c4n3)cc2C1. The van der Waals surface area contributed by atoms with Gasteiger partial charge in [-0.2, -0.15) is 10.1 Å². The van der Waals surface area contributed by atoms with Crippen molar-refractivity contribution in [1.29, 1.82) is 0 Å². The van der Waals surface area contributed by atoms with Crippen LogP contribution in [0.4, 0.5) is 11.6 Å². The molecule has 1 aromatic carbocycles. The third kappa shape index (κ3) is 3.63. The molecule has 1 aliphatic carbocycles. The number of hydrogen-bond donors (Lipinski definition) is 2. The molecule has 3 aromatic rings. The molecule has 2 aliphatic rings. The molecule has 30 heavy (non-hydrogen) atoms. The van der Waals surface area contributed by atoms with Crippen molar-refractivity contribution in [3.63, 3.8) is 0 Å². The van der Waals surface area contributed by atoms with E-state index in [1.165, 1.54) is 11.1 Å². The number of aromatic nitrogens is 4. The van der Waals surface area contributed by atoms with Crippen LogP contribution in [0.1, 0.15) is 42.9 Å². The van der Waals surface area contributed by atoms with E-state index in [0.717, 1.165) is 49.1 Å². The van der Waals surface area contributed by atoms with Crippen LogP contribution in [0.5, 0.6) is 0 Å². The fourth-order valence-corrected chi connectivity index (χ4v) is 4.64. The average Bonchev–Trinajstić information content (AvgIpc) is 3.17. The van der Waals surface area contributed by atoms with Crippen molar-refractivity contribution in [3.05, 3.63) is 41.7 Å². The van der Waals surface area contributed by atoms with Crippen LogP contribution < -0.4 is 5.32 Å². The Morgan fingerprint density at radius 1 is 1.17 bits per heavy atom. The van der Waals surface area contributed by atoms with Crippen LogP contribution in [0.15, 0.2) is 30.6 Å². The van der Waals surface area contributed by atoms with E-state index in [9.17, 15) is 9.90 Å². The van der Waals surface area contributed by atoms with Gasteiger partial charge in [-0.3, -0.25) is 4.79 Å². The zero-order valence-corrected chi connectivity index (χ0v) is 17.1. The smallest absolute Gasteiger partial charge is 0.306 e. The third-order valence-corrected chi connectivity index (χ3v) is 6.39. The highest BCUT2D eigenvalue weighted by Crippen LogP contribution is 2.33. The Balaban J connectivity index is 1.37. The molecule has 0 radical (unpaired) electrons. The summed E-state index contributed by atoms with van der Waals surface area (Å²) in [5.74, 6) is -0.380. The van der Waals surface area contributed by atoms with Crippen LogP contribution in [0.25, 0.3) is 11.0 Å². The minimum absolute atomic E-state index is 0.181. The van der Waals surface area contributed by atoms with Crippen molar-refractivity contribution in [3.8, 4) is 0 Å². The zero-order valence-electron chi connectivity index (χ0n) is 17.1. The maximum Gasteiger partial charge on any atom is 0.306 e. The predicted molar refractivity (Wildman–Crippen MR) is 114 cm³/mol. The fourth-order valence-electron chi connectivity index (χ4n) is 4.64. The van der Waals surface area contributed by atoms with Crippen LogP contribution in [-0.2, 0) is 17.8 Å². The summed E-state index contributed by atoms with van der Waals surface area (Å²) in [5.41, 5.74) is 4.53. The zero-order chi connectivity index (χ0) is 20.7. The standard InChI is InChI=1S/C22H26N6O2/c1-27-9-8-14-2-5-18(10-16(14)13-27)25-22-23-11-17-12-24-28(20(17)26-22)19-6-3-15(4-7-19)21(29)30/h2,5,10-12,15,19H,3-4,6-9,13H2,1H3,(H,29,30)(H,23,25,26)/t15-,19-. The fraction of sp³-hybridized carbons (Fsp3) is 0.455. The van der Waals surface area contributed by atoms with Crippen LogP contribution in [-0.4, -0.2) is 49.3 Å². The number of carbonyl (C=O) groups is 1. The van der Waals surface area contributed by atoms with E-state index < -0.39 is 5.97 Å². The van der Waals surface area contributed by atoms with Crippen molar-refractivity contribution in [2.75, 3.05) is 18.9 Å². The lowest BCUT2D eigenvalue weighted by Gasteiger charge is -2.26. The number of carboxylic acids is 1. The molecule has 0 saturated heterocycles. The predicted octanol–water partition coefficient (Wildman–Crippen LogP) is 3.37. The summed E-state index contributed by atoms with van der Waals surface area (Å²) >= 11 is 0. The number of hydrogen-bond acceptors (Lipinski definition) is 6. The first-order chi connectivity index (χ1) is 14.6. The van der Waals surface area contributed by atoms with Crippen LogP contribution in [0, 0.1) is 5.92 Å². The number of nitrogens with one attached hydrogen (secondary N) is 1. The number of fused-ring (bicyclic) bond motifs is 2. The van der Waals surface area contributed by atoms with Gasteiger partial charge >= 0.3 is 5.97 Å². The van der Waals surface area contributed by atoms with Gasteiger partial charge in [-0.15, -0.1) is 0 Å². The number of rotatable bonds is 4. The van der Waals surface area contributed by atoms with E-state index in [-0.39, 0.29) is 12.0 Å². The highest BCUT2D eigenvalue weighted by molar-refractivity contribution is 5.75. The number of anilines is 2. The first-order valence-corrected chi connectivity index (χ1v) is 10.6. The van der Waals surface area contributed by atoms with Crippen LogP contribution in [0.2, 0.25) is 0 Å². The van der Waals surface area contributed by atoms with Gasteiger partial charge in [0.25, 0.3) is 0 Å². The molecule has 2 aromatic heterocycles. The lowest BCUT2D eigenvalue weighted by Crippen LogP contribution is -2.26. The topological polar surface area (TPSA) is 96.2 Å². The van der Waals surface area contributed by atoms with E-state index in [4.69, 9.17) is 4.98 Å². The number of aliphatic carboxylic acids is 1. The van der Waals surface area contributed by atoms with Gasteiger partial charge in [0, 0.05) is 25.0 Å². The second kappa shape index (κ2) is 7.68. The number of carboxylic acid groups (broad SMARTS) is 1. The van der Waals surface area contributed by atoms with E-state index in [1.54, 1.807) is 12.4 Å². The molecule has 0 amide bonds. The summed E-state index contributed by atoms with van der Waals surface area (Å²) in [5, 5.41) is 18.0. The highest BCUT2D eigenvalue weighted by Gasteiger charge is 2.28. The first-order valence-electron chi connectivity index (χ1n) is 10.6. The summed E-state index contributed by atoms with van der Waals surface area (Å²) in [6.45, 7) is 2.05. The molecular weight excluding hydrogens is 380 g/mol. The van der Waals surface area contributed by atoms with Gasteiger partial charge in [-0.25, -0.2) is 9.67 Å². The Kier molecular flexibility index (Phi) is 4.86. The minimum Gasteiger partial charge on any atom is -0.481 e. The van der Waals surface area contributed by atoms with Crippen LogP contribution in [0.3, 0.4) is 0 Å². The minimum atomic E-state index is -0.691. The molecule has 3 heterocycles. The Morgan fingerprint density at radius 3 is 2.80 bits per heavy atom. The molecule has 1 fully saturated rings.